The minimum Gasteiger partial charge on any atom is -0.383 e. The van der Waals surface area contributed by atoms with E-state index in [4.69, 9.17) is 5.73 Å². The molecule has 0 saturated carbocycles. The largest absolute Gasteiger partial charge is 0.383 e. The lowest BCUT2D eigenvalue weighted by atomic mass is 10.1. The van der Waals surface area contributed by atoms with E-state index in [1.165, 1.54) is 0 Å². The molecular formula is C15H14BrN5. The second-order valence-corrected chi connectivity index (χ2v) is 5.84. The molecule has 5 nitrogen and oxygen atoms in total. The fraction of sp³-hybridized carbons (Fsp3) is 0.200. The molecule has 0 saturated heterocycles. The Morgan fingerprint density at radius 3 is 2.48 bits per heavy atom. The van der Waals surface area contributed by atoms with Crippen LogP contribution in [0.15, 0.2) is 35.1 Å². The second kappa shape index (κ2) is 5.37. The SMILES string of the molecule is CC(C)c1nc(-c2ccc3nccnc3c2)nc(N)c1Br. The first-order chi connectivity index (χ1) is 10.1. The lowest BCUT2D eigenvalue weighted by Crippen LogP contribution is -2.04. The second-order valence-electron chi connectivity index (χ2n) is 5.05. The van der Waals surface area contributed by atoms with Gasteiger partial charge in [0.2, 0.25) is 0 Å². The molecule has 0 aliphatic carbocycles. The maximum Gasteiger partial charge on any atom is 0.161 e. The number of nitrogen functional groups attached to an aromatic ring is 1. The molecule has 21 heavy (non-hydrogen) atoms. The summed E-state index contributed by atoms with van der Waals surface area (Å²) in [7, 11) is 0. The van der Waals surface area contributed by atoms with E-state index in [2.05, 4.69) is 49.7 Å². The highest BCUT2D eigenvalue weighted by Crippen LogP contribution is 2.30. The molecule has 0 bridgehead atoms. The molecule has 106 valence electrons. The van der Waals surface area contributed by atoms with Gasteiger partial charge in [0.25, 0.3) is 0 Å². The summed E-state index contributed by atoms with van der Waals surface area (Å²) in [5.74, 6) is 1.30. The van der Waals surface area contributed by atoms with Gasteiger partial charge in [0, 0.05) is 18.0 Å². The first-order valence-electron chi connectivity index (χ1n) is 6.60. The Labute approximate surface area is 130 Å². The predicted molar refractivity (Wildman–Crippen MR) is 86.8 cm³/mol. The molecular weight excluding hydrogens is 330 g/mol. The van der Waals surface area contributed by atoms with Gasteiger partial charge in [-0.05, 0) is 40.0 Å². The van der Waals surface area contributed by atoms with Crippen molar-refractivity contribution < 1.29 is 0 Å². The molecule has 2 N–H and O–H groups in total. The van der Waals surface area contributed by atoms with Crippen molar-refractivity contribution in [2.45, 2.75) is 19.8 Å². The monoisotopic (exact) mass is 343 g/mol. The number of hydrogen-bond acceptors (Lipinski definition) is 5. The number of hydrogen-bond donors (Lipinski definition) is 1. The number of nitrogens with zero attached hydrogens (tertiary/aromatic N) is 4. The summed E-state index contributed by atoms with van der Waals surface area (Å²) in [4.78, 5) is 17.6. The molecule has 3 rings (SSSR count). The van der Waals surface area contributed by atoms with Crippen LogP contribution in [-0.2, 0) is 0 Å². The van der Waals surface area contributed by atoms with Crippen LogP contribution < -0.4 is 5.73 Å². The van der Waals surface area contributed by atoms with Crippen molar-refractivity contribution >= 4 is 32.8 Å². The van der Waals surface area contributed by atoms with Gasteiger partial charge < -0.3 is 5.73 Å². The fourth-order valence-corrected chi connectivity index (χ4v) is 2.73. The van der Waals surface area contributed by atoms with Crippen molar-refractivity contribution in [2.24, 2.45) is 0 Å². The van der Waals surface area contributed by atoms with Gasteiger partial charge in [-0.15, -0.1) is 0 Å². The smallest absolute Gasteiger partial charge is 0.161 e. The zero-order valence-electron chi connectivity index (χ0n) is 11.7. The predicted octanol–water partition coefficient (Wildman–Crippen LogP) is 3.55. The van der Waals surface area contributed by atoms with E-state index in [9.17, 15) is 0 Å². The van der Waals surface area contributed by atoms with Crippen molar-refractivity contribution in [3.63, 3.8) is 0 Å². The van der Waals surface area contributed by atoms with Crippen LogP contribution in [0.2, 0.25) is 0 Å². The zero-order valence-corrected chi connectivity index (χ0v) is 13.3. The van der Waals surface area contributed by atoms with E-state index in [-0.39, 0.29) is 5.92 Å². The van der Waals surface area contributed by atoms with Crippen molar-refractivity contribution in [2.75, 3.05) is 5.73 Å². The van der Waals surface area contributed by atoms with E-state index in [1.807, 2.05) is 18.2 Å². The maximum atomic E-state index is 5.98. The van der Waals surface area contributed by atoms with Crippen LogP contribution in [0.5, 0.6) is 0 Å². The quantitative estimate of drug-likeness (QED) is 0.769. The van der Waals surface area contributed by atoms with Crippen LogP contribution >= 0.6 is 15.9 Å². The third-order valence-electron chi connectivity index (χ3n) is 3.18. The summed E-state index contributed by atoms with van der Waals surface area (Å²) in [5, 5.41) is 0. The number of rotatable bonds is 2. The van der Waals surface area contributed by atoms with Gasteiger partial charge in [0.15, 0.2) is 5.82 Å². The standard InChI is InChI=1S/C15H14BrN5/c1-8(2)13-12(16)14(17)21-15(20-13)9-3-4-10-11(7-9)19-6-5-18-10/h3-8H,1-2H3,(H2,17,20,21). The first kappa shape index (κ1) is 13.9. The third kappa shape index (κ3) is 2.58. The minimum atomic E-state index is 0.253. The average molecular weight is 344 g/mol. The molecule has 0 aliphatic heterocycles. The van der Waals surface area contributed by atoms with Crippen LogP contribution in [0, 0.1) is 0 Å². The van der Waals surface area contributed by atoms with E-state index in [1.54, 1.807) is 12.4 Å². The maximum absolute atomic E-state index is 5.98. The molecule has 1 aromatic carbocycles. The summed E-state index contributed by atoms with van der Waals surface area (Å²) in [6.45, 7) is 4.14. The Balaban J connectivity index is 2.18. The van der Waals surface area contributed by atoms with Gasteiger partial charge >= 0.3 is 0 Å². The molecule has 6 heteroatoms. The number of aromatic nitrogens is 4. The highest BCUT2D eigenvalue weighted by Gasteiger charge is 2.14. The highest BCUT2D eigenvalue weighted by atomic mass is 79.9. The van der Waals surface area contributed by atoms with Crippen LogP contribution in [0.25, 0.3) is 22.4 Å². The van der Waals surface area contributed by atoms with Crippen LogP contribution in [-0.4, -0.2) is 19.9 Å². The van der Waals surface area contributed by atoms with E-state index >= 15 is 0 Å². The van der Waals surface area contributed by atoms with E-state index < -0.39 is 0 Å². The van der Waals surface area contributed by atoms with Gasteiger partial charge in [-0.25, -0.2) is 9.97 Å². The Hall–Kier alpha value is -2.08. The van der Waals surface area contributed by atoms with Gasteiger partial charge in [0.1, 0.15) is 5.82 Å². The molecule has 0 radical (unpaired) electrons. The van der Waals surface area contributed by atoms with E-state index in [0.717, 1.165) is 26.8 Å². The lowest BCUT2D eigenvalue weighted by molar-refractivity contribution is 0.811. The molecule has 3 aromatic rings. The van der Waals surface area contributed by atoms with Crippen molar-refractivity contribution in [1.82, 2.24) is 19.9 Å². The van der Waals surface area contributed by atoms with Crippen molar-refractivity contribution in [3.8, 4) is 11.4 Å². The third-order valence-corrected chi connectivity index (χ3v) is 3.99. The van der Waals surface area contributed by atoms with E-state index in [0.29, 0.717) is 11.6 Å². The van der Waals surface area contributed by atoms with Crippen molar-refractivity contribution in [3.05, 3.63) is 40.8 Å². The number of benzene rings is 1. The summed E-state index contributed by atoms with van der Waals surface area (Å²) < 4.78 is 0.766. The highest BCUT2D eigenvalue weighted by molar-refractivity contribution is 9.10. The van der Waals surface area contributed by atoms with Gasteiger partial charge in [0.05, 0.1) is 21.2 Å². The summed E-state index contributed by atoms with van der Waals surface area (Å²) >= 11 is 3.45. The number of anilines is 1. The fourth-order valence-electron chi connectivity index (χ4n) is 2.10. The molecule has 0 unspecified atom stereocenters. The Morgan fingerprint density at radius 2 is 1.76 bits per heavy atom. The molecule has 2 heterocycles. The summed E-state index contributed by atoms with van der Waals surface area (Å²) in [6, 6.07) is 5.77. The molecule has 2 aromatic heterocycles. The number of fused-ring (bicyclic) bond motifs is 1. The zero-order chi connectivity index (χ0) is 15.0. The molecule has 0 fully saturated rings. The first-order valence-corrected chi connectivity index (χ1v) is 7.39. The van der Waals surface area contributed by atoms with Gasteiger partial charge in [-0.1, -0.05) is 13.8 Å². The molecule has 0 amide bonds. The Bertz CT molecular complexity index is 816. The van der Waals surface area contributed by atoms with Crippen LogP contribution in [0.1, 0.15) is 25.5 Å². The van der Waals surface area contributed by atoms with Crippen LogP contribution in [0.4, 0.5) is 5.82 Å². The number of nitrogens with two attached hydrogens (primary N) is 1. The normalized spacial score (nSPS) is 11.2. The average Bonchev–Trinajstić information content (AvgIpc) is 2.49. The lowest BCUT2D eigenvalue weighted by Gasteiger charge is -2.11. The van der Waals surface area contributed by atoms with Crippen molar-refractivity contribution in [1.29, 1.82) is 0 Å². The van der Waals surface area contributed by atoms with Gasteiger partial charge in [-0.2, -0.15) is 0 Å². The Morgan fingerprint density at radius 1 is 1.05 bits per heavy atom. The summed E-state index contributed by atoms with van der Waals surface area (Å²) in [5.41, 5.74) is 9.42. The topological polar surface area (TPSA) is 77.6 Å². The van der Waals surface area contributed by atoms with Crippen LogP contribution in [0.3, 0.4) is 0 Å². The molecule has 0 atom stereocenters. The summed E-state index contributed by atoms with van der Waals surface area (Å²) in [6.07, 6.45) is 3.34. The number of halogens is 1. The molecule has 0 spiro atoms. The Kier molecular flexibility index (Phi) is 3.55. The minimum absolute atomic E-state index is 0.253. The van der Waals surface area contributed by atoms with Gasteiger partial charge in [-0.3, -0.25) is 9.97 Å². The molecule has 0 aliphatic rings.